The number of rotatable bonds is 3. The zero-order chi connectivity index (χ0) is 12.3. The quantitative estimate of drug-likeness (QED) is 0.872. The van der Waals surface area contributed by atoms with Crippen LogP contribution in [0.15, 0.2) is 43.0 Å². The van der Waals surface area contributed by atoms with Crippen molar-refractivity contribution >= 4 is 0 Å². The third-order valence-electron chi connectivity index (χ3n) is 2.77. The van der Waals surface area contributed by atoms with E-state index in [4.69, 9.17) is 4.74 Å². The van der Waals surface area contributed by atoms with Gasteiger partial charge in [-0.25, -0.2) is 9.97 Å². The van der Waals surface area contributed by atoms with Gasteiger partial charge in [0.25, 0.3) is 0 Å². The van der Waals surface area contributed by atoms with Crippen LogP contribution in [0, 0.1) is 0 Å². The van der Waals surface area contributed by atoms with Gasteiger partial charge >= 0.3 is 0 Å². The number of aromatic nitrogens is 2. The largest absolute Gasteiger partial charge is 0.497 e. The fourth-order valence-electron chi connectivity index (χ4n) is 1.63. The molecule has 1 heterocycles. The van der Waals surface area contributed by atoms with E-state index in [0.29, 0.717) is 5.56 Å². The molecule has 88 valence electrons. The standard InChI is InChI=1S/C13H14N2O2/c1-13(16,11-7-14-9-15-8-11)10-3-5-12(17-2)6-4-10/h3-9,16H,1-2H3. The van der Waals surface area contributed by atoms with Crippen molar-refractivity contribution in [1.29, 1.82) is 0 Å². The van der Waals surface area contributed by atoms with Gasteiger partial charge < -0.3 is 9.84 Å². The normalized spacial score (nSPS) is 14.1. The van der Waals surface area contributed by atoms with E-state index >= 15 is 0 Å². The van der Waals surface area contributed by atoms with E-state index in [1.54, 1.807) is 26.4 Å². The van der Waals surface area contributed by atoms with Gasteiger partial charge in [0.15, 0.2) is 0 Å². The third-order valence-corrected chi connectivity index (χ3v) is 2.77. The molecule has 0 fully saturated rings. The summed E-state index contributed by atoms with van der Waals surface area (Å²) in [5.41, 5.74) is 0.325. The lowest BCUT2D eigenvalue weighted by Gasteiger charge is -2.23. The molecular weight excluding hydrogens is 216 g/mol. The van der Waals surface area contributed by atoms with Crippen LogP contribution in [0.1, 0.15) is 18.1 Å². The Labute approximate surface area is 99.9 Å². The summed E-state index contributed by atoms with van der Waals surface area (Å²) in [5, 5.41) is 10.5. The fraction of sp³-hybridized carbons (Fsp3) is 0.231. The van der Waals surface area contributed by atoms with Crippen molar-refractivity contribution in [1.82, 2.24) is 9.97 Å². The number of nitrogens with zero attached hydrogens (tertiary/aromatic N) is 2. The Balaban J connectivity index is 2.37. The summed E-state index contributed by atoms with van der Waals surface area (Å²) in [6, 6.07) is 7.28. The summed E-state index contributed by atoms with van der Waals surface area (Å²) in [4.78, 5) is 7.83. The van der Waals surface area contributed by atoms with Gasteiger partial charge in [-0.2, -0.15) is 0 Å². The van der Waals surface area contributed by atoms with Crippen LogP contribution in [0.2, 0.25) is 0 Å². The Morgan fingerprint density at radius 2 is 1.65 bits per heavy atom. The van der Waals surface area contributed by atoms with Crippen molar-refractivity contribution in [3.63, 3.8) is 0 Å². The van der Waals surface area contributed by atoms with E-state index in [-0.39, 0.29) is 0 Å². The number of benzene rings is 1. The van der Waals surface area contributed by atoms with Gasteiger partial charge in [0.2, 0.25) is 0 Å². The highest BCUT2D eigenvalue weighted by molar-refractivity contribution is 5.36. The molecular formula is C13H14N2O2. The molecule has 0 radical (unpaired) electrons. The van der Waals surface area contributed by atoms with E-state index in [1.165, 1.54) is 6.33 Å². The van der Waals surface area contributed by atoms with E-state index in [1.807, 2.05) is 24.3 Å². The Morgan fingerprint density at radius 1 is 1.06 bits per heavy atom. The van der Waals surface area contributed by atoms with Gasteiger partial charge in [0.1, 0.15) is 17.7 Å². The first kappa shape index (κ1) is 11.5. The van der Waals surface area contributed by atoms with E-state index < -0.39 is 5.60 Å². The molecule has 0 aliphatic carbocycles. The van der Waals surface area contributed by atoms with E-state index in [9.17, 15) is 5.11 Å². The second kappa shape index (κ2) is 4.51. The molecule has 0 bridgehead atoms. The van der Waals surface area contributed by atoms with Crippen LogP contribution in [0.5, 0.6) is 5.75 Å². The zero-order valence-electron chi connectivity index (χ0n) is 9.79. The van der Waals surface area contributed by atoms with Crippen LogP contribution in [-0.2, 0) is 5.60 Å². The molecule has 4 nitrogen and oxygen atoms in total. The van der Waals surface area contributed by atoms with Crippen LogP contribution in [0.4, 0.5) is 0 Å². The zero-order valence-corrected chi connectivity index (χ0v) is 9.79. The maximum atomic E-state index is 10.5. The topological polar surface area (TPSA) is 55.2 Å². The predicted molar refractivity (Wildman–Crippen MR) is 63.7 cm³/mol. The third kappa shape index (κ3) is 2.26. The number of methoxy groups -OCH3 is 1. The highest BCUT2D eigenvalue weighted by atomic mass is 16.5. The fourth-order valence-corrected chi connectivity index (χ4v) is 1.63. The van der Waals surface area contributed by atoms with Gasteiger partial charge in [-0.1, -0.05) is 12.1 Å². The lowest BCUT2D eigenvalue weighted by Crippen LogP contribution is -2.23. The Kier molecular flexibility index (Phi) is 3.06. The predicted octanol–water partition coefficient (Wildman–Crippen LogP) is 1.74. The molecule has 0 aliphatic heterocycles. The molecule has 1 aromatic carbocycles. The molecule has 1 unspecified atom stereocenters. The minimum Gasteiger partial charge on any atom is -0.497 e. The smallest absolute Gasteiger partial charge is 0.118 e. The van der Waals surface area contributed by atoms with Crippen molar-refractivity contribution in [2.24, 2.45) is 0 Å². The van der Waals surface area contributed by atoms with Crippen LogP contribution in [0.3, 0.4) is 0 Å². The van der Waals surface area contributed by atoms with Crippen molar-refractivity contribution in [3.8, 4) is 5.75 Å². The van der Waals surface area contributed by atoms with Crippen LogP contribution in [0.25, 0.3) is 0 Å². The minimum atomic E-state index is -1.10. The first-order valence-corrected chi connectivity index (χ1v) is 5.27. The Morgan fingerprint density at radius 3 is 2.18 bits per heavy atom. The summed E-state index contributed by atoms with van der Waals surface area (Å²) >= 11 is 0. The SMILES string of the molecule is COc1ccc(C(C)(O)c2cncnc2)cc1. The molecule has 0 amide bonds. The highest BCUT2D eigenvalue weighted by Crippen LogP contribution is 2.29. The van der Waals surface area contributed by atoms with Gasteiger partial charge in [-0.3, -0.25) is 0 Å². The summed E-state index contributed by atoms with van der Waals surface area (Å²) in [5.74, 6) is 0.758. The van der Waals surface area contributed by atoms with E-state index in [0.717, 1.165) is 11.3 Å². The average Bonchev–Trinajstić information content (AvgIpc) is 2.40. The monoisotopic (exact) mass is 230 g/mol. The molecule has 0 saturated carbocycles. The molecule has 0 aliphatic rings. The highest BCUT2D eigenvalue weighted by Gasteiger charge is 2.26. The van der Waals surface area contributed by atoms with E-state index in [2.05, 4.69) is 9.97 Å². The van der Waals surface area contributed by atoms with Crippen molar-refractivity contribution in [2.75, 3.05) is 7.11 Å². The molecule has 1 atom stereocenters. The molecule has 17 heavy (non-hydrogen) atoms. The summed E-state index contributed by atoms with van der Waals surface area (Å²) in [7, 11) is 1.61. The lowest BCUT2D eigenvalue weighted by atomic mass is 9.90. The average molecular weight is 230 g/mol. The molecule has 1 N–H and O–H groups in total. The lowest BCUT2D eigenvalue weighted by molar-refractivity contribution is 0.101. The minimum absolute atomic E-state index is 0.658. The first-order chi connectivity index (χ1) is 8.14. The number of hydrogen-bond acceptors (Lipinski definition) is 4. The Hall–Kier alpha value is -1.94. The number of aliphatic hydroxyl groups is 1. The van der Waals surface area contributed by atoms with Crippen molar-refractivity contribution in [2.45, 2.75) is 12.5 Å². The van der Waals surface area contributed by atoms with Crippen LogP contribution in [-0.4, -0.2) is 22.2 Å². The number of hydrogen-bond donors (Lipinski definition) is 1. The molecule has 2 rings (SSSR count). The summed E-state index contributed by atoms with van der Waals surface area (Å²) in [6.45, 7) is 1.72. The molecule has 2 aromatic rings. The molecule has 1 aromatic heterocycles. The molecule has 0 saturated heterocycles. The van der Waals surface area contributed by atoms with Crippen LogP contribution >= 0.6 is 0 Å². The number of ether oxygens (including phenoxy) is 1. The van der Waals surface area contributed by atoms with Crippen molar-refractivity contribution < 1.29 is 9.84 Å². The second-order valence-electron chi connectivity index (χ2n) is 3.93. The van der Waals surface area contributed by atoms with Crippen molar-refractivity contribution in [3.05, 3.63) is 54.1 Å². The van der Waals surface area contributed by atoms with Gasteiger partial charge in [0, 0.05) is 18.0 Å². The van der Waals surface area contributed by atoms with Crippen LogP contribution < -0.4 is 4.74 Å². The second-order valence-corrected chi connectivity index (χ2v) is 3.93. The van der Waals surface area contributed by atoms with Gasteiger partial charge in [-0.15, -0.1) is 0 Å². The summed E-state index contributed by atoms with van der Waals surface area (Å²) < 4.78 is 5.08. The Bertz CT molecular complexity index is 481. The molecule has 0 spiro atoms. The maximum absolute atomic E-state index is 10.5. The summed E-state index contributed by atoms with van der Waals surface area (Å²) in [6.07, 6.45) is 4.65. The maximum Gasteiger partial charge on any atom is 0.118 e. The molecule has 4 heteroatoms. The first-order valence-electron chi connectivity index (χ1n) is 5.27. The van der Waals surface area contributed by atoms with Gasteiger partial charge in [0.05, 0.1) is 7.11 Å². The van der Waals surface area contributed by atoms with Gasteiger partial charge in [-0.05, 0) is 24.6 Å².